The van der Waals surface area contributed by atoms with Crippen molar-refractivity contribution in [2.75, 3.05) is 13.7 Å². The number of hydrogen-bond acceptors (Lipinski definition) is 4. The van der Waals surface area contributed by atoms with E-state index in [4.69, 9.17) is 0 Å². The average molecular weight is 171 g/mol. The van der Waals surface area contributed by atoms with E-state index in [1.54, 1.807) is 6.92 Å². The molecule has 1 unspecified atom stereocenters. The molecule has 0 bridgehead atoms. The zero-order chi connectivity index (χ0) is 6.62. The van der Waals surface area contributed by atoms with Crippen molar-refractivity contribution < 1.29 is 18.5 Å². The minimum Gasteiger partial charge on any atom is -0.756 e. The Morgan fingerprint density at radius 1 is 1.50 bits per heavy atom. The standard InChI is InChI=1S/C3H9O4P.2CH4/c1-3-7-8(4,5)6-2;;/h3H2,1-2H3,(H,4,5);2*1H4/p-1. The summed E-state index contributed by atoms with van der Waals surface area (Å²) < 4.78 is 18.3. The lowest BCUT2D eigenvalue weighted by molar-refractivity contribution is -0.222. The zero-order valence-corrected chi connectivity index (χ0v) is 5.68. The average Bonchev–Trinajstić information content (AvgIpc) is 1.67. The summed E-state index contributed by atoms with van der Waals surface area (Å²) in [5, 5.41) is 0. The van der Waals surface area contributed by atoms with Crippen LogP contribution in [0.25, 0.3) is 0 Å². The third-order valence-corrected chi connectivity index (χ3v) is 1.53. The van der Waals surface area contributed by atoms with Gasteiger partial charge in [-0.3, -0.25) is 4.57 Å². The SMILES string of the molecule is C.C.CCOP(=O)([O-])OC. The van der Waals surface area contributed by atoms with Gasteiger partial charge >= 0.3 is 0 Å². The molecule has 0 spiro atoms. The zero-order valence-electron chi connectivity index (χ0n) is 4.79. The third-order valence-electron chi connectivity index (χ3n) is 0.511. The van der Waals surface area contributed by atoms with Gasteiger partial charge in [0.25, 0.3) is 7.82 Å². The molecule has 5 heteroatoms. The Kier molecular flexibility index (Phi) is 12.0. The Hall–Kier alpha value is 0.110. The molecular formula is C5H16O4P-. The van der Waals surface area contributed by atoms with Gasteiger partial charge in [0.05, 0.1) is 6.61 Å². The van der Waals surface area contributed by atoms with Crippen LogP contribution in [0, 0.1) is 0 Å². The molecule has 10 heavy (non-hydrogen) atoms. The molecule has 0 aliphatic carbocycles. The van der Waals surface area contributed by atoms with Crippen molar-refractivity contribution >= 4 is 7.82 Å². The van der Waals surface area contributed by atoms with E-state index in [1.165, 1.54) is 0 Å². The lowest BCUT2D eigenvalue weighted by Crippen LogP contribution is -2.05. The van der Waals surface area contributed by atoms with Gasteiger partial charge < -0.3 is 13.9 Å². The van der Waals surface area contributed by atoms with Crippen LogP contribution in [0.4, 0.5) is 0 Å². The van der Waals surface area contributed by atoms with Gasteiger partial charge in [0, 0.05) is 7.11 Å². The maximum atomic E-state index is 10.2. The molecular weight excluding hydrogens is 155 g/mol. The first-order chi connectivity index (χ1) is 3.62. The van der Waals surface area contributed by atoms with Crippen molar-refractivity contribution in [2.24, 2.45) is 0 Å². The van der Waals surface area contributed by atoms with Gasteiger partial charge in [-0.05, 0) is 6.92 Å². The highest BCUT2D eigenvalue weighted by molar-refractivity contribution is 7.45. The van der Waals surface area contributed by atoms with Crippen LogP contribution < -0.4 is 4.89 Å². The second-order valence-electron chi connectivity index (χ2n) is 1.05. The van der Waals surface area contributed by atoms with E-state index < -0.39 is 7.82 Å². The van der Waals surface area contributed by atoms with Crippen LogP contribution in [-0.2, 0) is 13.6 Å². The smallest absolute Gasteiger partial charge is 0.267 e. The van der Waals surface area contributed by atoms with Gasteiger partial charge in [-0.15, -0.1) is 0 Å². The van der Waals surface area contributed by atoms with Crippen LogP contribution in [0.15, 0.2) is 0 Å². The van der Waals surface area contributed by atoms with Crippen molar-refractivity contribution in [2.45, 2.75) is 21.8 Å². The fourth-order valence-electron chi connectivity index (χ4n) is 0.211. The van der Waals surface area contributed by atoms with Crippen LogP contribution in [0.3, 0.4) is 0 Å². The minimum atomic E-state index is -3.92. The highest BCUT2D eigenvalue weighted by Gasteiger charge is 2.01. The highest BCUT2D eigenvalue weighted by atomic mass is 31.2. The minimum absolute atomic E-state index is 0. The summed E-state index contributed by atoms with van der Waals surface area (Å²) in [6.45, 7) is 1.69. The Balaban J connectivity index is -0.000000245. The summed E-state index contributed by atoms with van der Waals surface area (Å²) in [7, 11) is -2.86. The van der Waals surface area contributed by atoms with Crippen molar-refractivity contribution in [3.05, 3.63) is 0 Å². The largest absolute Gasteiger partial charge is 0.756 e. The summed E-state index contributed by atoms with van der Waals surface area (Å²) in [6, 6.07) is 0. The van der Waals surface area contributed by atoms with E-state index in [0.29, 0.717) is 0 Å². The Bertz CT molecular complexity index is 104. The topological polar surface area (TPSA) is 58.6 Å². The summed E-state index contributed by atoms with van der Waals surface area (Å²) in [5.41, 5.74) is 0. The van der Waals surface area contributed by atoms with Gasteiger partial charge in [0.1, 0.15) is 0 Å². The fraction of sp³-hybridized carbons (Fsp3) is 1.00. The van der Waals surface area contributed by atoms with E-state index in [-0.39, 0.29) is 21.5 Å². The molecule has 0 aromatic rings. The first-order valence-corrected chi connectivity index (χ1v) is 3.59. The van der Waals surface area contributed by atoms with Gasteiger partial charge in [-0.2, -0.15) is 0 Å². The van der Waals surface area contributed by atoms with Gasteiger partial charge in [-0.25, -0.2) is 0 Å². The number of phosphoric ester groups is 1. The monoisotopic (exact) mass is 171 g/mol. The van der Waals surface area contributed by atoms with Gasteiger partial charge in [0.15, 0.2) is 0 Å². The quantitative estimate of drug-likeness (QED) is 0.602. The Labute approximate surface area is 62.8 Å². The molecule has 1 atom stereocenters. The molecule has 0 aromatic carbocycles. The highest BCUT2D eigenvalue weighted by Crippen LogP contribution is 2.36. The fourth-order valence-corrected chi connectivity index (χ4v) is 0.632. The summed E-state index contributed by atoms with van der Waals surface area (Å²) >= 11 is 0. The normalized spacial score (nSPS) is 14.3. The molecule has 4 nitrogen and oxygen atoms in total. The first kappa shape index (κ1) is 16.6. The second kappa shape index (κ2) is 7.22. The summed E-state index contributed by atoms with van der Waals surface area (Å²) in [6.07, 6.45) is 0. The Morgan fingerprint density at radius 2 is 1.90 bits per heavy atom. The number of hydrogen-bond donors (Lipinski definition) is 0. The summed E-state index contributed by atoms with van der Waals surface area (Å²) in [5.74, 6) is 0. The Morgan fingerprint density at radius 3 is 2.00 bits per heavy atom. The molecule has 0 N–H and O–H groups in total. The van der Waals surface area contributed by atoms with Crippen LogP contribution in [-0.4, -0.2) is 13.7 Å². The van der Waals surface area contributed by atoms with Gasteiger partial charge in [-0.1, -0.05) is 14.9 Å². The number of rotatable bonds is 3. The van der Waals surface area contributed by atoms with E-state index in [0.717, 1.165) is 7.11 Å². The molecule has 0 rings (SSSR count). The lowest BCUT2D eigenvalue weighted by Gasteiger charge is -2.18. The summed E-state index contributed by atoms with van der Waals surface area (Å²) in [4.78, 5) is 10.2. The van der Waals surface area contributed by atoms with Gasteiger partial charge in [0.2, 0.25) is 0 Å². The molecule has 0 fully saturated rings. The van der Waals surface area contributed by atoms with Crippen molar-refractivity contribution in [1.82, 2.24) is 0 Å². The molecule has 0 aromatic heterocycles. The molecule has 0 saturated heterocycles. The van der Waals surface area contributed by atoms with Crippen molar-refractivity contribution in [3.63, 3.8) is 0 Å². The van der Waals surface area contributed by atoms with E-state index in [2.05, 4.69) is 9.05 Å². The van der Waals surface area contributed by atoms with E-state index in [9.17, 15) is 9.46 Å². The maximum absolute atomic E-state index is 10.2. The van der Waals surface area contributed by atoms with Crippen LogP contribution in [0.1, 0.15) is 21.8 Å². The van der Waals surface area contributed by atoms with E-state index in [1.807, 2.05) is 0 Å². The van der Waals surface area contributed by atoms with Crippen LogP contribution >= 0.6 is 7.82 Å². The first-order valence-electron chi connectivity index (χ1n) is 2.13. The molecule has 0 aliphatic rings. The molecule has 0 heterocycles. The molecule has 0 amide bonds. The lowest BCUT2D eigenvalue weighted by atomic mass is 10.9. The molecule has 0 radical (unpaired) electrons. The predicted octanol–water partition coefficient (Wildman–Crippen LogP) is 1.41. The third kappa shape index (κ3) is 8.11. The maximum Gasteiger partial charge on any atom is 0.267 e. The molecule has 0 saturated carbocycles. The predicted molar refractivity (Wildman–Crippen MR) is 39.7 cm³/mol. The van der Waals surface area contributed by atoms with E-state index >= 15 is 0 Å². The molecule has 0 aliphatic heterocycles. The van der Waals surface area contributed by atoms with Crippen molar-refractivity contribution in [1.29, 1.82) is 0 Å². The number of phosphoric acid groups is 1. The van der Waals surface area contributed by atoms with Crippen molar-refractivity contribution in [3.8, 4) is 0 Å². The second-order valence-corrected chi connectivity index (χ2v) is 2.57. The molecule has 66 valence electrons. The van der Waals surface area contributed by atoms with Crippen LogP contribution in [0.2, 0.25) is 0 Å². The van der Waals surface area contributed by atoms with Crippen LogP contribution in [0.5, 0.6) is 0 Å².